The number of hydrogen-bond donors (Lipinski definition) is 0. The third kappa shape index (κ3) is 2.52. The summed E-state index contributed by atoms with van der Waals surface area (Å²) in [6.07, 6.45) is 0.701. The Labute approximate surface area is 76.5 Å². The Morgan fingerprint density at radius 1 is 1.54 bits per heavy atom. The fourth-order valence-corrected chi connectivity index (χ4v) is 0.908. The minimum Gasteiger partial charge on any atom is -0.466 e. The Balaban J connectivity index is 2.79. The van der Waals surface area contributed by atoms with E-state index in [2.05, 4.69) is 4.98 Å². The molecule has 0 saturated heterocycles. The van der Waals surface area contributed by atoms with E-state index < -0.39 is 0 Å². The number of pyridine rings is 1. The van der Waals surface area contributed by atoms with Gasteiger partial charge in [0.25, 0.3) is 0 Å². The first-order chi connectivity index (χ1) is 6.27. The van der Waals surface area contributed by atoms with Gasteiger partial charge in [-0.25, -0.2) is 4.98 Å². The number of carbonyl (C=O) groups excluding carboxylic acids is 1. The van der Waals surface area contributed by atoms with Crippen LogP contribution in [0.25, 0.3) is 0 Å². The highest BCUT2D eigenvalue weighted by Gasteiger charge is 2.01. The van der Waals surface area contributed by atoms with Crippen molar-refractivity contribution in [3.63, 3.8) is 0 Å². The Bertz CT molecular complexity index is 299. The van der Waals surface area contributed by atoms with Crippen molar-refractivity contribution in [3.05, 3.63) is 23.5 Å². The third-order valence-corrected chi connectivity index (χ3v) is 1.51. The molecule has 4 heteroatoms. The van der Waals surface area contributed by atoms with Gasteiger partial charge in [-0.2, -0.15) is 0 Å². The summed E-state index contributed by atoms with van der Waals surface area (Å²) in [6.45, 7) is 1.96. The lowest BCUT2D eigenvalue weighted by molar-refractivity contribution is 0.0503. The molecule has 0 unspecified atom stereocenters. The highest BCUT2D eigenvalue weighted by atomic mass is 16.7. The van der Waals surface area contributed by atoms with Gasteiger partial charge in [0.05, 0.1) is 5.69 Å². The molecule has 1 heterocycles. The highest BCUT2D eigenvalue weighted by molar-refractivity contribution is 5.71. The maximum Gasteiger partial charge on any atom is 0.188 e. The molecule has 0 aliphatic rings. The van der Waals surface area contributed by atoms with Crippen LogP contribution in [0.5, 0.6) is 5.75 Å². The molecular formula is C9H11NO3. The number of carbonyl (C=O) groups is 1. The molecule has 1 aromatic rings. The van der Waals surface area contributed by atoms with E-state index in [-0.39, 0.29) is 6.79 Å². The predicted molar refractivity (Wildman–Crippen MR) is 46.9 cm³/mol. The van der Waals surface area contributed by atoms with Crippen molar-refractivity contribution in [1.29, 1.82) is 0 Å². The van der Waals surface area contributed by atoms with Crippen molar-refractivity contribution < 1.29 is 14.3 Å². The first kappa shape index (κ1) is 9.67. The summed E-state index contributed by atoms with van der Waals surface area (Å²) in [7, 11) is 1.54. The first-order valence-corrected chi connectivity index (χ1v) is 3.82. The molecule has 0 atom stereocenters. The van der Waals surface area contributed by atoms with Crippen LogP contribution in [0, 0.1) is 6.92 Å². The number of nitrogens with zero attached hydrogens (tertiary/aromatic N) is 1. The van der Waals surface area contributed by atoms with E-state index in [0.717, 1.165) is 0 Å². The van der Waals surface area contributed by atoms with Crippen LogP contribution in [0.3, 0.4) is 0 Å². The van der Waals surface area contributed by atoms with Crippen molar-refractivity contribution in [2.24, 2.45) is 0 Å². The van der Waals surface area contributed by atoms with Gasteiger partial charge in [0.2, 0.25) is 0 Å². The zero-order valence-electron chi connectivity index (χ0n) is 7.61. The molecule has 0 radical (unpaired) electrons. The fraction of sp³-hybridized carbons (Fsp3) is 0.333. The third-order valence-electron chi connectivity index (χ3n) is 1.51. The van der Waals surface area contributed by atoms with Gasteiger partial charge in [-0.15, -0.1) is 0 Å². The number of aromatic nitrogens is 1. The lowest BCUT2D eigenvalue weighted by Crippen LogP contribution is -2.02. The Morgan fingerprint density at radius 3 is 2.85 bits per heavy atom. The van der Waals surface area contributed by atoms with Crippen LogP contribution in [-0.4, -0.2) is 25.2 Å². The molecule has 0 saturated carbocycles. The van der Waals surface area contributed by atoms with Crippen molar-refractivity contribution in [3.8, 4) is 5.75 Å². The Morgan fingerprint density at radius 2 is 2.31 bits per heavy atom. The second kappa shape index (κ2) is 4.57. The molecule has 0 amide bonds. The van der Waals surface area contributed by atoms with Crippen LogP contribution in [0.15, 0.2) is 12.1 Å². The van der Waals surface area contributed by atoms with E-state index in [1.807, 2.05) is 0 Å². The summed E-state index contributed by atoms with van der Waals surface area (Å²) < 4.78 is 9.92. The normalized spacial score (nSPS) is 9.69. The molecule has 4 nitrogen and oxygen atoms in total. The van der Waals surface area contributed by atoms with Crippen molar-refractivity contribution in [2.75, 3.05) is 13.9 Å². The van der Waals surface area contributed by atoms with Crippen molar-refractivity contribution in [1.82, 2.24) is 4.98 Å². The van der Waals surface area contributed by atoms with Gasteiger partial charge < -0.3 is 9.47 Å². The van der Waals surface area contributed by atoms with Crippen LogP contribution in [0.4, 0.5) is 0 Å². The average molecular weight is 181 g/mol. The fourth-order valence-electron chi connectivity index (χ4n) is 0.908. The summed E-state index contributed by atoms with van der Waals surface area (Å²) >= 11 is 0. The maximum atomic E-state index is 10.4. The molecule has 1 aromatic heterocycles. The quantitative estimate of drug-likeness (QED) is 0.517. The van der Waals surface area contributed by atoms with Crippen LogP contribution in [-0.2, 0) is 4.74 Å². The number of rotatable bonds is 4. The van der Waals surface area contributed by atoms with E-state index in [1.54, 1.807) is 26.2 Å². The van der Waals surface area contributed by atoms with Gasteiger partial charge in [0.1, 0.15) is 11.4 Å². The van der Waals surface area contributed by atoms with Gasteiger partial charge in [0, 0.05) is 7.11 Å². The molecule has 0 fully saturated rings. The van der Waals surface area contributed by atoms with Gasteiger partial charge >= 0.3 is 0 Å². The molecule has 70 valence electrons. The van der Waals surface area contributed by atoms with Gasteiger partial charge in [-0.1, -0.05) is 0 Å². The second-order valence-corrected chi connectivity index (χ2v) is 2.49. The minimum atomic E-state index is 0.183. The number of aryl methyl sites for hydroxylation is 1. The van der Waals surface area contributed by atoms with E-state index >= 15 is 0 Å². The van der Waals surface area contributed by atoms with E-state index in [0.29, 0.717) is 23.4 Å². The predicted octanol–water partition coefficient (Wildman–Crippen LogP) is 1.19. The Kier molecular flexibility index (Phi) is 3.40. The van der Waals surface area contributed by atoms with Crippen LogP contribution < -0.4 is 4.74 Å². The molecule has 0 aliphatic heterocycles. The zero-order valence-corrected chi connectivity index (χ0v) is 7.61. The molecule has 13 heavy (non-hydrogen) atoms. The average Bonchev–Trinajstić information content (AvgIpc) is 2.16. The topological polar surface area (TPSA) is 48.4 Å². The number of ether oxygens (including phenoxy) is 2. The lowest BCUT2D eigenvalue weighted by atomic mass is 10.3. The van der Waals surface area contributed by atoms with Crippen LogP contribution in [0.1, 0.15) is 16.2 Å². The number of aldehydes is 1. The largest absolute Gasteiger partial charge is 0.466 e. The van der Waals surface area contributed by atoms with Crippen LogP contribution in [0.2, 0.25) is 0 Å². The summed E-state index contributed by atoms with van der Waals surface area (Å²) in [5, 5.41) is 0. The monoisotopic (exact) mass is 181 g/mol. The smallest absolute Gasteiger partial charge is 0.188 e. The highest BCUT2D eigenvalue weighted by Crippen LogP contribution is 2.14. The summed E-state index contributed by atoms with van der Waals surface area (Å²) in [5.41, 5.74) is 1.09. The summed E-state index contributed by atoms with van der Waals surface area (Å²) in [5.74, 6) is 0.632. The molecule has 1 rings (SSSR count). The molecule has 0 bridgehead atoms. The lowest BCUT2D eigenvalue weighted by Gasteiger charge is -2.06. The first-order valence-electron chi connectivity index (χ1n) is 3.82. The van der Waals surface area contributed by atoms with Gasteiger partial charge in [-0.05, 0) is 19.1 Å². The molecule has 0 aliphatic carbocycles. The minimum absolute atomic E-state index is 0.183. The molecule has 0 N–H and O–H groups in total. The van der Waals surface area contributed by atoms with E-state index in [1.165, 1.54) is 0 Å². The standard InChI is InChI=1S/C9H11NO3/c1-7-9(13-6-12-2)4-3-8(5-11)10-7/h3-5H,6H2,1-2H3. The zero-order chi connectivity index (χ0) is 9.68. The molecule has 0 aromatic carbocycles. The van der Waals surface area contributed by atoms with E-state index in [4.69, 9.17) is 9.47 Å². The molecule has 0 spiro atoms. The Hall–Kier alpha value is -1.42. The molecular weight excluding hydrogens is 170 g/mol. The second-order valence-electron chi connectivity index (χ2n) is 2.49. The van der Waals surface area contributed by atoms with E-state index in [9.17, 15) is 4.79 Å². The van der Waals surface area contributed by atoms with Crippen LogP contribution >= 0.6 is 0 Å². The van der Waals surface area contributed by atoms with Crippen molar-refractivity contribution in [2.45, 2.75) is 6.92 Å². The summed E-state index contributed by atoms with van der Waals surface area (Å²) in [4.78, 5) is 14.4. The van der Waals surface area contributed by atoms with Crippen molar-refractivity contribution >= 4 is 6.29 Å². The SMILES string of the molecule is COCOc1ccc(C=O)nc1C. The van der Waals surface area contributed by atoms with Gasteiger partial charge in [-0.3, -0.25) is 4.79 Å². The summed E-state index contributed by atoms with van der Waals surface area (Å²) in [6, 6.07) is 3.30. The number of methoxy groups -OCH3 is 1. The maximum absolute atomic E-state index is 10.4. The number of hydrogen-bond acceptors (Lipinski definition) is 4. The van der Waals surface area contributed by atoms with Gasteiger partial charge in [0.15, 0.2) is 13.1 Å².